The van der Waals surface area contributed by atoms with Crippen molar-refractivity contribution in [1.29, 1.82) is 0 Å². The number of nitrogens with one attached hydrogen (secondary N) is 1. The third-order valence-corrected chi connectivity index (χ3v) is 2.91. The van der Waals surface area contributed by atoms with Crippen LogP contribution in [0.4, 0.5) is 0 Å². The zero-order valence-corrected chi connectivity index (χ0v) is 10.9. The highest BCUT2D eigenvalue weighted by Gasteiger charge is 2.04. The highest BCUT2D eigenvalue weighted by molar-refractivity contribution is 5.85. The number of hydrogen-bond acceptors (Lipinski definition) is 2. The van der Waals surface area contributed by atoms with Gasteiger partial charge < -0.3 is 16.5 Å². The van der Waals surface area contributed by atoms with Crippen LogP contribution in [0.3, 0.4) is 0 Å². The van der Waals surface area contributed by atoms with Crippen LogP contribution in [0.2, 0.25) is 0 Å². The fourth-order valence-corrected chi connectivity index (χ4v) is 2.04. The molecule has 3 nitrogen and oxygen atoms in total. The van der Waals surface area contributed by atoms with Crippen LogP contribution in [-0.4, -0.2) is 11.1 Å². The van der Waals surface area contributed by atoms with Crippen molar-refractivity contribution in [2.45, 2.75) is 32.4 Å². The Balaban J connectivity index is 0.00000144. The molecule has 1 heterocycles. The summed E-state index contributed by atoms with van der Waals surface area (Å²) in [6.45, 7) is 2.10. The van der Waals surface area contributed by atoms with Crippen LogP contribution in [0, 0.1) is 6.92 Å². The zero-order chi connectivity index (χ0) is 11.5. The van der Waals surface area contributed by atoms with Crippen molar-refractivity contribution >= 4 is 23.3 Å². The van der Waals surface area contributed by atoms with Crippen molar-refractivity contribution in [1.82, 2.24) is 4.98 Å². The smallest absolute Gasteiger partial charge is 0.0520 e. The van der Waals surface area contributed by atoms with E-state index in [2.05, 4.69) is 36.3 Å². The lowest BCUT2D eigenvalue weighted by molar-refractivity contribution is 0.603. The summed E-state index contributed by atoms with van der Waals surface area (Å²) in [5.41, 5.74) is 14.9. The van der Waals surface area contributed by atoms with Crippen LogP contribution in [0.15, 0.2) is 24.4 Å². The average molecular weight is 254 g/mol. The lowest BCUT2D eigenvalue weighted by Crippen LogP contribution is -2.30. The fourth-order valence-electron chi connectivity index (χ4n) is 2.04. The number of hydrogen-bond donors (Lipinski definition) is 3. The monoisotopic (exact) mass is 253 g/mol. The molecule has 0 amide bonds. The first-order valence-corrected chi connectivity index (χ1v) is 5.74. The minimum absolute atomic E-state index is 0. The summed E-state index contributed by atoms with van der Waals surface area (Å²) in [7, 11) is 0. The SMILES string of the molecule is Cc1ccc2c(CCCC(N)N)c[nH]c2c1.Cl. The Hall–Kier alpha value is -1.03. The molecule has 94 valence electrons. The van der Waals surface area contributed by atoms with Gasteiger partial charge in [-0.2, -0.15) is 0 Å². The molecule has 0 unspecified atom stereocenters. The summed E-state index contributed by atoms with van der Waals surface area (Å²) in [4.78, 5) is 3.30. The van der Waals surface area contributed by atoms with Crippen LogP contribution in [0.5, 0.6) is 0 Å². The molecule has 0 bridgehead atoms. The second-order valence-electron chi connectivity index (χ2n) is 4.42. The standard InChI is InChI=1S/C13H19N3.ClH/c1-9-5-6-11-10(3-2-4-13(14)15)8-16-12(11)7-9;/h5-8,13,16H,2-4,14-15H2,1H3;1H. The third kappa shape index (κ3) is 3.46. The molecule has 0 atom stereocenters. The van der Waals surface area contributed by atoms with Crippen molar-refractivity contribution in [2.24, 2.45) is 11.5 Å². The molecule has 0 saturated carbocycles. The summed E-state index contributed by atoms with van der Waals surface area (Å²) in [5.74, 6) is 0. The maximum absolute atomic E-state index is 5.53. The van der Waals surface area contributed by atoms with E-state index in [4.69, 9.17) is 11.5 Å². The van der Waals surface area contributed by atoms with Crippen molar-refractivity contribution in [3.63, 3.8) is 0 Å². The van der Waals surface area contributed by atoms with Gasteiger partial charge in [-0.1, -0.05) is 12.1 Å². The predicted molar refractivity (Wildman–Crippen MR) is 75.4 cm³/mol. The summed E-state index contributed by atoms with van der Waals surface area (Å²) >= 11 is 0. The van der Waals surface area contributed by atoms with Crippen LogP contribution >= 0.6 is 12.4 Å². The minimum Gasteiger partial charge on any atom is -0.361 e. The Kier molecular flexibility index (Phi) is 5.00. The normalized spacial score (nSPS) is 10.8. The maximum Gasteiger partial charge on any atom is 0.0520 e. The Morgan fingerprint density at radius 1 is 1.29 bits per heavy atom. The Morgan fingerprint density at radius 2 is 2.06 bits per heavy atom. The van der Waals surface area contributed by atoms with Gasteiger partial charge in [0.2, 0.25) is 0 Å². The van der Waals surface area contributed by atoms with Crippen molar-refractivity contribution in [3.8, 4) is 0 Å². The van der Waals surface area contributed by atoms with E-state index in [0.29, 0.717) is 0 Å². The van der Waals surface area contributed by atoms with Gasteiger partial charge in [0.25, 0.3) is 0 Å². The molecule has 0 radical (unpaired) electrons. The van der Waals surface area contributed by atoms with Gasteiger partial charge in [0, 0.05) is 17.1 Å². The van der Waals surface area contributed by atoms with Gasteiger partial charge >= 0.3 is 0 Å². The number of H-pyrrole nitrogens is 1. The third-order valence-electron chi connectivity index (χ3n) is 2.91. The summed E-state index contributed by atoms with van der Waals surface area (Å²) in [6, 6.07) is 6.50. The number of nitrogens with two attached hydrogens (primary N) is 2. The van der Waals surface area contributed by atoms with Gasteiger partial charge in [-0.05, 0) is 43.4 Å². The molecule has 2 rings (SSSR count). The average Bonchev–Trinajstić information content (AvgIpc) is 2.60. The van der Waals surface area contributed by atoms with E-state index >= 15 is 0 Å². The molecule has 1 aromatic carbocycles. The molecule has 1 aromatic heterocycles. The number of fused-ring (bicyclic) bond motifs is 1. The van der Waals surface area contributed by atoms with Crippen LogP contribution in [-0.2, 0) is 6.42 Å². The number of halogens is 1. The number of aromatic nitrogens is 1. The largest absolute Gasteiger partial charge is 0.361 e. The van der Waals surface area contributed by atoms with Gasteiger partial charge in [0.1, 0.15) is 0 Å². The van der Waals surface area contributed by atoms with E-state index in [1.165, 1.54) is 22.0 Å². The summed E-state index contributed by atoms with van der Waals surface area (Å²) in [6.07, 6.45) is 4.85. The number of aryl methyl sites for hydroxylation is 2. The Labute approximate surface area is 108 Å². The van der Waals surface area contributed by atoms with Gasteiger partial charge in [0.05, 0.1) is 6.17 Å². The van der Waals surface area contributed by atoms with Crippen LogP contribution < -0.4 is 11.5 Å². The molecule has 5 N–H and O–H groups in total. The van der Waals surface area contributed by atoms with E-state index in [-0.39, 0.29) is 18.6 Å². The molecular weight excluding hydrogens is 234 g/mol. The van der Waals surface area contributed by atoms with Crippen molar-refractivity contribution in [3.05, 3.63) is 35.5 Å². The van der Waals surface area contributed by atoms with E-state index in [1.54, 1.807) is 0 Å². The molecule has 17 heavy (non-hydrogen) atoms. The molecule has 4 heteroatoms. The van der Waals surface area contributed by atoms with Gasteiger partial charge in [0.15, 0.2) is 0 Å². The molecular formula is C13H20ClN3. The van der Waals surface area contributed by atoms with Gasteiger partial charge in [-0.3, -0.25) is 0 Å². The van der Waals surface area contributed by atoms with E-state index in [9.17, 15) is 0 Å². The molecule has 0 aliphatic rings. The first kappa shape index (κ1) is 14.0. The zero-order valence-electron chi connectivity index (χ0n) is 10.1. The molecule has 2 aromatic rings. The lowest BCUT2D eigenvalue weighted by atomic mass is 10.1. The van der Waals surface area contributed by atoms with E-state index in [1.807, 2.05) is 0 Å². The molecule has 0 saturated heterocycles. The predicted octanol–water partition coefficient (Wildman–Crippen LogP) is 2.46. The summed E-state index contributed by atoms with van der Waals surface area (Å²) in [5, 5.41) is 1.32. The van der Waals surface area contributed by atoms with Crippen LogP contribution in [0.1, 0.15) is 24.0 Å². The molecule has 0 aliphatic carbocycles. The van der Waals surface area contributed by atoms with E-state index in [0.717, 1.165) is 19.3 Å². The lowest BCUT2D eigenvalue weighted by Gasteiger charge is -2.04. The topological polar surface area (TPSA) is 67.8 Å². The molecule has 0 spiro atoms. The van der Waals surface area contributed by atoms with Gasteiger partial charge in [-0.25, -0.2) is 0 Å². The first-order valence-electron chi connectivity index (χ1n) is 5.74. The van der Waals surface area contributed by atoms with Crippen molar-refractivity contribution < 1.29 is 0 Å². The molecule has 0 fully saturated rings. The second kappa shape index (κ2) is 6.05. The second-order valence-corrected chi connectivity index (χ2v) is 4.42. The first-order chi connectivity index (χ1) is 7.66. The highest BCUT2D eigenvalue weighted by Crippen LogP contribution is 2.20. The van der Waals surface area contributed by atoms with Crippen molar-refractivity contribution in [2.75, 3.05) is 0 Å². The van der Waals surface area contributed by atoms with E-state index < -0.39 is 0 Å². The quantitative estimate of drug-likeness (QED) is 0.733. The Bertz CT molecular complexity index is 476. The number of benzene rings is 1. The minimum atomic E-state index is -0.188. The number of aromatic amines is 1. The summed E-state index contributed by atoms with van der Waals surface area (Å²) < 4.78 is 0. The fraction of sp³-hybridized carbons (Fsp3) is 0.385. The Morgan fingerprint density at radius 3 is 2.76 bits per heavy atom. The van der Waals surface area contributed by atoms with Gasteiger partial charge in [-0.15, -0.1) is 12.4 Å². The number of rotatable bonds is 4. The highest BCUT2D eigenvalue weighted by atomic mass is 35.5. The molecule has 0 aliphatic heterocycles. The maximum atomic E-state index is 5.53. The van der Waals surface area contributed by atoms with Crippen LogP contribution in [0.25, 0.3) is 10.9 Å².